The Hall–Kier alpha value is -2.98. The van der Waals surface area contributed by atoms with Crippen molar-refractivity contribution < 1.29 is 19.1 Å². The van der Waals surface area contributed by atoms with Crippen LogP contribution in [0.2, 0.25) is 0 Å². The average Bonchev–Trinajstić information content (AvgIpc) is 3.15. The van der Waals surface area contributed by atoms with Crippen LogP contribution in [0.25, 0.3) is 6.08 Å². The zero-order valence-corrected chi connectivity index (χ0v) is 20.3. The first-order valence-electron chi connectivity index (χ1n) is 11.8. The molecule has 2 fully saturated rings. The van der Waals surface area contributed by atoms with Crippen LogP contribution in [0.3, 0.4) is 0 Å². The van der Waals surface area contributed by atoms with Crippen LogP contribution in [-0.4, -0.2) is 79.3 Å². The summed E-state index contributed by atoms with van der Waals surface area (Å²) in [6.45, 7) is 4.44. The second-order valence-electron chi connectivity index (χ2n) is 8.35. The van der Waals surface area contributed by atoms with E-state index in [-0.39, 0.29) is 42.7 Å². The maximum atomic E-state index is 12.6. The van der Waals surface area contributed by atoms with E-state index in [0.717, 1.165) is 55.7 Å². The third kappa shape index (κ3) is 7.25. The van der Waals surface area contributed by atoms with Crippen LogP contribution in [0, 0.1) is 0 Å². The Labute approximate surface area is 209 Å². The number of amides is 3. The van der Waals surface area contributed by atoms with E-state index >= 15 is 0 Å². The van der Waals surface area contributed by atoms with Gasteiger partial charge in [-0.25, -0.2) is 0 Å². The molecule has 1 atom stereocenters. The Kier molecular flexibility index (Phi) is 9.08. The smallest absolute Gasteiger partial charge is 0.293 e. The monoisotopic (exact) mass is 494 g/mol. The molecule has 8 nitrogen and oxygen atoms in total. The molecule has 35 heavy (non-hydrogen) atoms. The number of benzene rings is 2. The number of hydrogen-bond donors (Lipinski definition) is 2. The number of nitrogens with one attached hydrogen (secondary N) is 2. The summed E-state index contributed by atoms with van der Waals surface area (Å²) in [6, 6.07) is 19.5. The van der Waals surface area contributed by atoms with E-state index in [1.807, 2.05) is 48.5 Å². The molecule has 0 spiro atoms. The van der Waals surface area contributed by atoms with Gasteiger partial charge in [0, 0.05) is 38.8 Å². The quantitative estimate of drug-likeness (QED) is 0.491. The Morgan fingerprint density at radius 3 is 2.43 bits per heavy atom. The van der Waals surface area contributed by atoms with E-state index in [4.69, 9.17) is 4.74 Å². The zero-order chi connectivity index (χ0) is 24.5. The third-order valence-electron chi connectivity index (χ3n) is 5.88. The van der Waals surface area contributed by atoms with Crippen molar-refractivity contribution in [3.8, 4) is 0 Å². The number of rotatable bonds is 10. The molecule has 2 aliphatic heterocycles. The molecule has 3 amide bonds. The van der Waals surface area contributed by atoms with Crippen LogP contribution in [0.4, 0.5) is 4.79 Å². The zero-order valence-electron chi connectivity index (χ0n) is 19.5. The van der Waals surface area contributed by atoms with Crippen LogP contribution >= 0.6 is 11.8 Å². The molecule has 1 unspecified atom stereocenters. The van der Waals surface area contributed by atoms with Crippen LogP contribution in [0.15, 0.2) is 65.6 Å². The fourth-order valence-corrected chi connectivity index (χ4v) is 4.86. The van der Waals surface area contributed by atoms with Gasteiger partial charge in [0.05, 0.1) is 24.7 Å². The third-order valence-corrected chi connectivity index (χ3v) is 6.79. The molecule has 0 saturated carbocycles. The molecule has 0 aromatic heterocycles. The Balaban J connectivity index is 1.25. The van der Waals surface area contributed by atoms with Gasteiger partial charge in [-0.1, -0.05) is 60.7 Å². The van der Waals surface area contributed by atoms with E-state index in [2.05, 4.69) is 27.7 Å². The van der Waals surface area contributed by atoms with Gasteiger partial charge in [-0.15, -0.1) is 0 Å². The molecule has 0 aliphatic carbocycles. The molecule has 0 radical (unpaired) electrons. The first-order valence-corrected chi connectivity index (χ1v) is 12.6. The fourth-order valence-electron chi connectivity index (χ4n) is 3.99. The first kappa shape index (κ1) is 25.1. The van der Waals surface area contributed by atoms with Gasteiger partial charge in [-0.2, -0.15) is 0 Å². The summed E-state index contributed by atoms with van der Waals surface area (Å²) in [5.41, 5.74) is 1.98. The van der Waals surface area contributed by atoms with Crippen LogP contribution in [-0.2, 0) is 14.3 Å². The topological polar surface area (TPSA) is 91.0 Å². The maximum absolute atomic E-state index is 12.6. The summed E-state index contributed by atoms with van der Waals surface area (Å²) in [6.07, 6.45) is 1.71. The number of ether oxygens (including phenoxy) is 1. The number of thioether (sulfide) groups is 1. The second-order valence-corrected chi connectivity index (χ2v) is 9.34. The highest BCUT2D eigenvalue weighted by atomic mass is 32.2. The van der Waals surface area contributed by atoms with Gasteiger partial charge < -0.3 is 15.4 Å². The van der Waals surface area contributed by atoms with E-state index in [1.54, 1.807) is 6.08 Å². The van der Waals surface area contributed by atoms with Crippen LogP contribution in [0.5, 0.6) is 0 Å². The number of carbonyl (C=O) groups is 3. The van der Waals surface area contributed by atoms with Crippen molar-refractivity contribution in [1.82, 2.24) is 20.4 Å². The fraction of sp³-hybridized carbons (Fsp3) is 0.346. The number of nitrogens with zero attached hydrogens (tertiary/aromatic N) is 2. The molecule has 2 aliphatic rings. The standard InChI is InChI=1S/C26H30N4O4S/c31-24(18-28-22(21-9-5-2-6-10-21)19-29-13-15-34-16-14-29)27-11-12-30-25(32)23(35-26(30)33)17-20-7-3-1-4-8-20/h1-10,17,22,28H,11-16,18-19H2,(H,27,31). The molecular weight excluding hydrogens is 464 g/mol. The van der Waals surface area contributed by atoms with Gasteiger partial charge >= 0.3 is 0 Å². The minimum atomic E-state index is -0.328. The lowest BCUT2D eigenvalue weighted by atomic mass is 10.1. The van der Waals surface area contributed by atoms with Crippen molar-refractivity contribution in [2.45, 2.75) is 6.04 Å². The largest absolute Gasteiger partial charge is 0.379 e. The molecule has 0 bridgehead atoms. The SMILES string of the molecule is O=C(CNC(CN1CCOCC1)c1ccccc1)NCCN1C(=O)SC(=Cc2ccccc2)C1=O. The predicted molar refractivity (Wildman–Crippen MR) is 137 cm³/mol. The molecule has 2 N–H and O–H groups in total. The number of hydrogen-bond acceptors (Lipinski definition) is 7. The van der Waals surface area contributed by atoms with Gasteiger partial charge in [0.15, 0.2) is 0 Å². The summed E-state index contributed by atoms with van der Waals surface area (Å²) < 4.78 is 5.44. The number of imide groups is 1. The van der Waals surface area contributed by atoms with E-state index in [9.17, 15) is 14.4 Å². The molecular formula is C26H30N4O4S. The maximum Gasteiger partial charge on any atom is 0.293 e. The highest BCUT2D eigenvalue weighted by Crippen LogP contribution is 2.31. The molecule has 9 heteroatoms. The lowest BCUT2D eigenvalue weighted by molar-refractivity contribution is -0.124. The summed E-state index contributed by atoms with van der Waals surface area (Å²) in [7, 11) is 0. The average molecular weight is 495 g/mol. The predicted octanol–water partition coefficient (Wildman–Crippen LogP) is 2.50. The molecule has 4 rings (SSSR count). The van der Waals surface area contributed by atoms with Gasteiger partial charge in [0.2, 0.25) is 5.91 Å². The van der Waals surface area contributed by atoms with Crippen molar-refractivity contribution in [3.63, 3.8) is 0 Å². The van der Waals surface area contributed by atoms with Gasteiger partial charge in [-0.05, 0) is 29.0 Å². The van der Waals surface area contributed by atoms with Gasteiger partial charge in [-0.3, -0.25) is 24.2 Å². The lowest BCUT2D eigenvalue weighted by Crippen LogP contribution is -2.45. The summed E-state index contributed by atoms with van der Waals surface area (Å²) in [4.78, 5) is 41.3. The normalized spacial score (nSPS) is 18.7. The van der Waals surface area contributed by atoms with Crippen molar-refractivity contribution in [2.75, 3.05) is 52.5 Å². The highest BCUT2D eigenvalue weighted by molar-refractivity contribution is 8.18. The van der Waals surface area contributed by atoms with Crippen LogP contribution < -0.4 is 10.6 Å². The number of morpholine rings is 1. The Bertz CT molecular complexity index is 1040. The lowest BCUT2D eigenvalue weighted by Gasteiger charge is -2.31. The molecule has 2 saturated heterocycles. The Morgan fingerprint density at radius 2 is 1.71 bits per heavy atom. The van der Waals surface area contributed by atoms with Gasteiger partial charge in [0.25, 0.3) is 11.1 Å². The molecule has 2 aromatic carbocycles. The van der Waals surface area contributed by atoms with Crippen molar-refractivity contribution in [1.29, 1.82) is 0 Å². The van der Waals surface area contributed by atoms with Crippen molar-refractivity contribution in [2.24, 2.45) is 0 Å². The van der Waals surface area contributed by atoms with Gasteiger partial charge in [0.1, 0.15) is 0 Å². The van der Waals surface area contributed by atoms with E-state index < -0.39 is 0 Å². The van der Waals surface area contributed by atoms with Crippen molar-refractivity contribution in [3.05, 3.63) is 76.7 Å². The summed E-state index contributed by atoms with van der Waals surface area (Å²) >= 11 is 0.924. The first-order chi connectivity index (χ1) is 17.1. The second kappa shape index (κ2) is 12.6. The number of carbonyl (C=O) groups excluding carboxylic acids is 3. The van der Waals surface area contributed by atoms with E-state index in [1.165, 1.54) is 4.90 Å². The Morgan fingerprint density at radius 1 is 1.03 bits per heavy atom. The molecule has 184 valence electrons. The van der Waals surface area contributed by atoms with Crippen LogP contribution in [0.1, 0.15) is 17.2 Å². The minimum Gasteiger partial charge on any atom is -0.379 e. The summed E-state index contributed by atoms with van der Waals surface area (Å²) in [5.74, 6) is -0.509. The van der Waals surface area contributed by atoms with Crippen molar-refractivity contribution >= 4 is 34.9 Å². The minimum absolute atomic E-state index is 0.00358. The van der Waals surface area contributed by atoms with E-state index in [0.29, 0.717) is 4.91 Å². The highest BCUT2D eigenvalue weighted by Gasteiger charge is 2.34. The molecule has 2 aromatic rings. The summed E-state index contributed by atoms with van der Waals surface area (Å²) in [5, 5.41) is 5.85. The molecule has 2 heterocycles.